The number of ketones is 2. The fourth-order valence-electron chi connectivity index (χ4n) is 7.17. The molecule has 0 atom stereocenters. The Kier molecular flexibility index (Phi) is 13.3. The lowest BCUT2D eigenvalue weighted by Crippen LogP contribution is -2.28. The van der Waals surface area contributed by atoms with Gasteiger partial charge in [-0.05, 0) is 57.9 Å². The number of rotatable bonds is 13. The summed E-state index contributed by atoms with van der Waals surface area (Å²) in [7, 11) is 0. The van der Waals surface area contributed by atoms with Crippen molar-refractivity contribution >= 4 is 45.1 Å². The summed E-state index contributed by atoms with van der Waals surface area (Å²) in [5.74, 6) is -0.359. The van der Waals surface area contributed by atoms with Crippen molar-refractivity contribution < 1.29 is 9.59 Å². The van der Waals surface area contributed by atoms with Crippen LogP contribution in [0.1, 0.15) is 59.0 Å². The molecule has 0 saturated heterocycles. The molecule has 4 heterocycles. The average Bonchev–Trinajstić information content (AvgIpc) is 3.30. The highest BCUT2D eigenvalue weighted by molar-refractivity contribution is 6.07. The number of nitrogens with one attached hydrogen (secondary N) is 2. The van der Waals surface area contributed by atoms with Crippen LogP contribution in [0.15, 0.2) is 156 Å². The van der Waals surface area contributed by atoms with Gasteiger partial charge in [0.05, 0.1) is 34.9 Å². The molecule has 12 heteroatoms. The fraction of sp³-hybridized carbons (Fsp3) is 0.160. The maximum absolute atomic E-state index is 13.5. The molecule has 62 heavy (non-hydrogen) atoms. The van der Waals surface area contributed by atoms with Crippen molar-refractivity contribution in [1.82, 2.24) is 29.5 Å². The summed E-state index contributed by atoms with van der Waals surface area (Å²) in [5, 5.41) is 17.3. The third kappa shape index (κ3) is 9.45. The van der Waals surface area contributed by atoms with Crippen LogP contribution in [0.2, 0.25) is 0 Å². The first kappa shape index (κ1) is 42.3. The van der Waals surface area contributed by atoms with Crippen LogP contribution < -0.4 is 21.8 Å². The minimum absolute atomic E-state index is 0.132. The highest BCUT2D eigenvalue weighted by Crippen LogP contribution is 2.31. The van der Waals surface area contributed by atoms with Gasteiger partial charge in [0.1, 0.15) is 22.8 Å². The van der Waals surface area contributed by atoms with Crippen LogP contribution in [-0.2, 0) is 19.5 Å². The maximum atomic E-state index is 13.5. The third-order valence-electron chi connectivity index (χ3n) is 10.2. The molecule has 2 N–H and O–H groups in total. The molecule has 0 spiro atoms. The number of pyridine rings is 2. The number of hydrogen-bond donors (Lipinski definition) is 2. The largest absolute Gasteiger partial charge is 0.349 e. The van der Waals surface area contributed by atoms with E-state index in [2.05, 4.69) is 30.8 Å². The standard InChI is InChI=1S/C26H24N4O2.C24H22N4O2/c1-2-30-26(32)25(28-21-14-9-17-27-18-21)23(24(29-30)20-12-7-4-8-13-20)22(31)16-15-19-10-5-3-6-11-19;1-4-28-24(30)23(26-20-14-25-13-18-9-5-6-11-19(18)20)21(16(3)29)22(27-28)17-10-7-8-15(2)12-17/h3-14,17-18,28H,2,15-16H2,1H3;5-14,26H,4H2,1-3H3. The molecule has 310 valence electrons. The predicted molar refractivity (Wildman–Crippen MR) is 246 cm³/mol. The molecule has 8 aromatic rings. The smallest absolute Gasteiger partial charge is 0.291 e. The van der Waals surface area contributed by atoms with Crippen molar-refractivity contribution in [3.63, 3.8) is 0 Å². The van der Waals surface area contributed by atoms with E-state index in [0.717, 1.165) is 33.0 Å². The van der Waals surface area contributed by atoms with Crippen molar-refractivity contribution in [1.29, 1.82) is 0 Å². The van der Waals surface area contributed by atoms with Gasteiger partial charge in [-0.15, -0.1) is 0 Å². The molecule has 0 aliphatic carbocycles. The molecule has 0 saturated carbocycles. The molecular weight excluding hydrogens is 777 g/mol. The Balaban J connectivity index is 0.000000187. The molecule has 0 radical (unpaired) electrons. The fourth-order valence-corrected chi connectivity index (χ4v) is 7.17. The summed E-state index contributed by atoms with van der Waals surface area (Å²) in [5.41, 5.74) is 6.34. The zero-order chi connectivity index (χ0) is 43.6. The van der Waals surface area contributed by atoms with E-state index >= 15 is 0 Å². The highest BCUT2D eigenvalue weighted by atomic mass is 16.1. The summed E-state index contributed by atoms with van der Waals surface area (Å²) in [6.07, 6.45) is 7.55. The first-order chi connectivity index (χ1) is 30.2. The van der Waals surface area contributed by atoms with Crippen LogP contribution in [-0.4, -0.2) is 41.1 Å². The Morgan fingerprint density at radius 2 is 1.26 bits per heavy atom. The van der Waals surface area contributed by atoms with Crippen molar-refractivity contribution in [2.75, 3.05) is 10.6 Å². The van der Waals surface area contributed by atoms with Gasteiger partial charge in [-0.25, -0.2) is 9.36 Å². The minimum Gasteiger partial charge on any atom is -0.349 e. The van der Waals surface area contributed by atoms with E-state index in [4.69, 9.17) is 0 Å². The Hall–Kier alpha value is -7.86. The van der Waals surface area contributed by atoms with Gasteiger partial charge in [0.25, 0.3) is 11.1 Å². The Bertz CT molecular complexity index is 2980. The second kappa shape index (κ2) is 19.5. The number of benzene rings is 4. The SMILES string of the molecule is CCn1nc(-c2cccc(C)c2)c(C(C)=O)c(Nc2cncc3ccccc23)c1=O.CCn1nc(-c2ccccc2)c(C(=O)CCc2ccccc2)c(Nc2cccnc2)c1=O. The number of anilines is 4. The van der Waals surface area contributed by atoms with Gasteiger partial charge in [-0.2, -0.15) is 10.2 Å². The number of hydrogen-bond acceptors (Lipinski definition) is 10. The van der Waals surface area contributed by atoms with E-state index in [1.807, 2.05) is 136 Å². The summed E-state index contributed by atoms with van der Waals surface area (Å²) >= 11 is 0. The Morgan fingerprint density at radius 3 is 1.90 bits per heavy atom. The monoisotopic (exact) mass is 822 g/mol. The molecule has 0 aliphatic rings. The summed E-state index contributed by atoms with van der Waals surface area (Å²) in [6, 6.07) is 38.4. The van der Waals surface area contributed by atoms with Crippen molar-refractivity contribution in [2.45, 2.75) is 53.6 Å². The molecule has 0 unspecified atom stereocenters. The van der Waals surface area contributed by atoms with Gasteiger partial charge < -0.3 is 10.6 Å². The average molecular weight is 823 g/mol. The topological polar surface area (TPSA) is 154 Å². The van der Waals surface area contributed by atoms with Crippen LogP contribution in [0.5, 0.6) is 0 Å². The van der Waals surface area contributed by atoms with E-state index in [9.17, 15) is 19.2 Å². The third-order valence-corrected chi connectivity index (χ3v) is 10.2. The molecule has 8 rings (SSSR count). The molecule has 0 aliphatic heterocycles. The van der Waals surface area contributed by atoms with Crippen molar-refractivity contribution in [3.8, 4) is 22.5 Å². The first-order valence-electron chi connectivity index (χ1n) is 20.4. The number of Topliss-reactive ketones (excluding diaryl/α,β-unsaturated/α-hetero) is 2. The van der Waals surface area contributed by atoms with E-state index in [1.54, 1.807) is 30.9 Å². The van der Waals surface area contributed by atoms with Gasteiger partial charge >= 0.3 is 0 Å². The summed E-state index contributed by atoms with van der Waals surface area (Å²) in [4.78, 5) is 61.1. The highest BCUT2D eigenvalue weighted by Gasteiger charge is 2.25. The first-order valence-corrected chi connectivity index (χ1v) is 20.4. The molecule has 0 amide bonds. The second-order valence-electron chi connectivity index (χ2n) is 14.5. The number of aromatic nitrogens is 6. The van der Waals surface area contributed by atoms with Crippen LogP contribution in [0.25, 0.3) is 33.3 Å². The van der Waals surface area contributed by atoms with Crippen LogP contribution in [0.3, 0.4) is 0 Å². The Morgan fingerprint density at radius 1 is 0.629 bits per heavy atom. The lowest BCUT2D eigenvalue weighted by molar-refractivity contribution is 0.0981. The number of carbonyl (C=O) groups is 2. The molecular formula is C50H46N8O4. The lowest BCUT2D eigenvalue weighted by Gasteiger charge is -2.17. The van der Waals surface area contributed by atoms with E-state index in [0.29, 0.717) is 47.8 Å². The normalized spacial score (nSPS) is 10.8. The van der Waals surface area contributed by atoms with Crippen molar-refractivity contribution in [2.24, 2.45) is 0 Å². The molecule has 0 bridgehead atoms. The molecule has 4 aromatic heterocycles. The quantitative estimate of drug-likeness (QED) is 0.108. The summed E-state index contributed by atoms with van der Waals surface area (Å²) < 4.78 is 2.76. The number of nitrogens with zero attached hydrogens (tertiary/aromatic N) is 6. The van der Waals surface area contributed by atoms with Crippen molar-refractivity contribution in [3.05, 3.63) is 189 Å². The van der Waals surface area contributed by atoms with E-state index in [-0.39, 0.29) is 46.0 Å². The zero-order valence-corrected chi connectivity index (χ0v) is 35.0. The van der Waals surface area contributed by atoms with Gasteiger partial charge in [0, 0.05) is 53.8 Å². The zero-order valence-electron chi connectivity index (χ0n) is 35.0. The number of fused-ring (bicyclic) bond motifs is 1. The van der Waals surface area contributed by atoms with Crippen LogP contribution in [0.4, 0.5) is 22.7 Å². The van der Waals surface area contributed by atoms with Crippen LogP contribution >= 0.6 is 0 Å². The molecule has 0 fully saturated rings. The van der Waals surface area contributed by atoms with Gasteiger partial charge in [0.15, 0.2) is 11.6 Å². The summed E-state index contributed by atoms with van der Waals surface area (Å²) in [6.45, 7) is 7.92. The van der Waals surface area contributed by atoms with Gasteiger partial charge in [-0.3, -0.25) is 29.1 Å². The van der Waals surface area contributed by atoms with E-state index in [1.165, 1.54) is 16.3 Å². The maximum Gasteiger partial charge on any atom is 0.291 e. The predicted octanol–water partition coefficient (Wildman–Crippen LogP) is 9.62. The van der Waals surface area contributed by atoms with Gasteiger partial charge in [0.2, 0.25) is 0 Å². The number of aryl methyl sites for hydroxylation is 4. The minimum atomic E-state index is -0.341. The van der Waals surface area contributed by atoms with E-state index < -0.39 is 0 Å². The molecule has 12 nitrogen and oxygen atoms in total. The van der Waals surface area contributed by atoms with Gasteiger partial charge in [-0.1, -0.05) is 109 Å². The number of carbonyl (C=O) groups excluding carboxylic acids is 2. The Labute approximate surface area is 359 Å². The second-order valence-corrected chi connectivity index (χ2v) is 14.5. The molecule has 4 aromatic carbocycles. The lowest BCUT2D eigenvalue weighted by atomic mass is 9.97. The van der Waals surface area contributed by atoms with Crippen LogP contribution in [0, 0.1) is 6.92 Å².